The van der Waals surface area contributed by atoms with Crippen LogP contribution in [0.2, 0.25) is 0 Å². The first-order valence-electron chi connectivity index (χ1n) is 9.63. The van der Waals surface area contributed by atoms with Crippen molar-refractivity contribution >= 4 is 18.5 Å². The van der Waals surface area contributed by atoms with E-state index in [1.54, 1.807) is 4.90 Å². The lowest BCUT2D eigenvalue weighted by Gasteiger charge is -2.32. The summed E-state index contributed by atoms with van der Waals surface area (Å²) < 4.78 is 17.9. The van der Waals surface area contributed by atoms with Gasteiger partial charge in [0, 0.05) is 13.5 Å². The minimum atomic E-state index is -0.370. The third-order valence-corrected chi connectivity index (χ3v) is 5.21. The van der Waals surface area contributed by atoms with Crippen LogP contribution in [0.5, 0.6) is 5.75 Å². The van der Waals surface area contributed by atoms with Crippen molar-refractivity contribution in [2.45, 2.75) is 66.1 Å². The van der Waals surface area contributed by atoms with E-state index < -0.39 is 0 Å². The van der Waals surface area contributed by atoms with Crippen LogP contribution in [0.25, 0.3) is 0 Å². The van der Waals surface area contributed by atoms with Crippen molar-refractivity contribution in [3.05, 3.63) is 24.3 Å². The maximum absolute atomic E-state index is 12.1. The summed E-state index contributed by atoms with van der Waals surface area (Å²) in [6.45, 7) is 15.4. The van der Waals surface area contributed by atoms with E-state index in [0.29, 0.717) is 19.6 Å². The maximum atomic E-state index is 12.1. The summed E-state index contributed by atoms with van der Waals surface area (Å²) in [6.07, 6.45) is 0.534. The molecule has 1 saturated heterocycles. The Balaban J connectivity index is 1.84. The molecule has 0 N–H and O–H groups in total. The SMILES string of the molecule is CN(CCOc1ccc(B2OC(C)(C)C(C)(C)O2)cc1)C(=O)CC(C)(C)C. The smallest absolute Gasteiger partial charge is 0.492 e. The third-order valence-electron chi connectivity index (χ3n) is 5.21. The van der Waals surface area contributed by atoms with Crippen molar-refractivity contribution in [2.75, 3.05) is 20.2 Å². The Bertz CT molecular complexity index is 633. The molecule has 1 amide bonds. The highest BCUT2D eigenvalue weighted by molar-refractivity contribution is 6.62. The Morgan fingerprint density at radius 2 is 1.59 bits per heavy atom. The number of hydrogen-bond acceptors (Lipinski definition) is 4. The second kappa shape index (κ2) is 7.84. The molecule has 0 spiro atoms. The predicted molar refractivity (Wildman–Crippen MR) is 109 cm³/mol. The van der Waals surface area contributed by atoms with Crippen LogP contribution in [0.15, 0.2) is 24.3 Å². The van der Waals surface area contributed by atoms with Crippen molar-refractivity contribution in [3.8, 4) is 5.75 Å². The van der Waals surface area contributed by atoms with Crippen molar-refractivity contribution < 1.29 is 18.8 Å². The molecule has 2 rings (SSSR count). The summed E-state index contributed by atoms with van der Waals surface area (Å²) >= 11 is 0. The zero-order valence-corrected chi connectivity index (χ0v) is 18.1. The molecule has 27 heavy (non-hydrogen) atoms. The first-order chi connectivity index (χ1) is 12.3. The number of benzene rings is 1. The number of carbonyl (C=O) groups excluding carboxylic acids is 1. The molecule has 1 aromatic rings. The lowest BCUT2D eigenvalue weighted by molar-refractivity contribution is -0.132. The molecule has 1 heterocycles. The van der Waals surface area contributed by atoms with E-state index in [-0.39, 0.29) is 29.6 Å². The molecule has 0 radical (unpaired) electrons. The standard InChI is InChI=1S/C21H34BNO4/c1-19(2,3)15-18(24)23(8)13-14-25-17-11-9-16(10-12-17)22-26-20(4,5)21(6,7)27-22/h9-12H,13-15H2,1-8H3. The van der Waals surface area contributed by atoms with Crippen molar-refractivity contribution in [3.63, 3.8) is 0 Å². The highest BCUT2D eigenvalue weighted by Gasteiger charge is 2.51. The van der Waals surface area contributed by atoms with Gasteiger partial charge in [0.25, 0.3) is 0 Å². The van der Waals surface area contributed by atoms with E-state index in [4.69, 9.17) is 14.0 Å². The Labute approximate surface area is 164 Å². The van der Waals surface area contributed by atoms with E-state index >= 15 is 0 Å². The van der Waals surface area contributed by atoms with E-state index in [9.17, 15) is 4.79 Å². The molecule has 6 heteroatoms. The van der Waals surface area contributed by atoms with Crippen LogP contribution in [0.3, 0.4) is 0 Å². The van der Waals surface area contributed by atoms with Gasteiger partial charge in [-0.25, -0.2) is 0 Å². The fraction of sp³-hybridized carbons (Fsp3) is 0.667. The number of hydrogen-bond donors (Lipinski definition) is 0. The summed E-state index contributed by atoms with van der Waals surface area (Å²) in [5.41, 5.74) is 0.266. The maximum Gasteiger partial charge on any atom is 0.494 e. The molecular formula is C21H34BNO4. The second-order valence-electron chi connectivity index (χ2n) is 9.56. The molecule has 1 aliphatic rings. The topological polar surface area (TPSA) is 48.0 Å². The quantitative estimate of drug-likeness (QED) is 0.717. The minimum Gasteiger partial charge on any atom is -0.492 e. The zero-order valence-electron chi connectivity index (χ0n) is 18.1. The van der Waals surface area contributed by atoms with Crippen LogP contribution in [0.4, 0.5) is 0 Å². The summed E-state index contributed by atoms with van der Waals surface area (Å²) in [7, 11) is 1.45. The molecule has 150 valence electrons. The van der Waals surface area contributed by atoms with Gasteiger partial charge in [-0.05, 0) is 50.7 Å². The minimum absolute atomic E-state index is 0.00442. The van der Waals surface area contributed by atoms with Gasteiger partial charge in [-0.1, -0.05) is 32.9 Å². The Hall–Kier alpha value is -1.53. The van der Waals surface area contributed by atoms with E-state index in [1.165, 1.54) is 0 Å². The number of nitrogens with zero attached hydrogens (tertiary/aromatic N) is 1. The van der Waals surface area contributed by atoms with Crippen LogP contribution in [0.1, 0.15) is 54.9 Å². The van der Waals surface area contributed by atoms with Crippen LogP contribution in [0, 0.1) is 5.41 Å². The van der Waals surface area contributed by atoms with Crippen LogP contribution in [-0.2, 0) is 14.1 Å². The van der Waals surface area contributed by atoms with Crippen molar-refractivity contribution in [1.82, 2.24) is 4.90 Å². The number of carbonyl (C=O) groups is 1. The van der Waals surface area contributed by atoms with Gasteiger partial charge >= 0.3 is 7.12 Å². The average molecular weight is 375 g/mol. The highest BCUT2D eigenvalue weighted by atomic mass is 16.7. The van der Waals surface area contributed by atoms with Gasteiger partial charge in [-0.2, -0.15) is 0 Å². The normalized spacial score (nSPS) is 18.4. The fourth-order valence-electron chi connectivity index (χ4n) is 2.71. The van der Waals surface area contributed by atoms with Gasteiger partial charge in [-0.3, -0.25) is 4.79 Å². The first-order valence-corrected chi connectivity index (χ1v) is 9.63. The fourth-order valence-corrected chi connectivity index (χ4v) is 2.71. The molecule has 0 unspecified atom stereocenters. The second-order valence-corrected chi connectivity index (χ2v) is 9.56. The summed E-state index contributed by atoms with van der Waals surface area (Å²) in [6, 6.07) is 7.76. The van der Waals surface area contributed by atoms with Crippen LogP contribution in [-0.4, -0.2) is 49.3 Å². The molecule has 1 aromatic carbocycles. The Morgan fingerprint density at radius 3 is 2.07 bits per heavy atom. The lowest BCUT2D eigenvalue weighted by Crippen LogP contribution is -2.41. The number of likely N-dealkylation sites (N-methyl/N-ethyl adjacent to an activating group) is 1. The summed E-state index contributed by atoms with van der Waals surface area (Å²) in [5, 5.41) is 0. The van der Waals surface area contributed by atoms with Crippen molar-refractivity contribution in [1.29, 1.82) is 0 Å². The lowest BCUT2D eigenvalue weighted by atomic mass is 9.79. The zero-order chi connectivity index (χ0) is 20.5. The van der Waals surface area contributed by atoms with Gasteiger partial charge in [0.2, 0.25) is 5.91 Å². The van der Waals surface area contributed by atoms with E-state index in [0.717, 1.165) is 11.2 Å². The van der Waals surface area contributed by atoms with E-state index in [1.807, 2.05) is 59.0 Å². The summed E-state index contributed by atoms with van der Waals surface area (Å²) in [5.74, 6) is 0.911. The van der Waals surface area contributed by atoms with Gasteiger partial charge in [0.1, 0.15) is 12.4 Å². The van der Waals surface area contributed by atoms with Gasteiger partial charge in [0.05, 0.1) is 17.7 Å². The predicted octanol–water partition coefficient (Wildman–Crippen LogP) is 3.26. The third kappa shape index (κ3) is 5.72. The Morgan fingerprint density at radius 1 is 1.07 bits per heavy atom. The number of rotatable bonds is 6. The van der Waals surface area contributed by atoms with Crippen LogP contribution < -0.4 is 10.2 Å². The number of ether oxygens (including phenoxy) is 1. The largest absolute Gasteiger partial charge is 0.494 e. The number of amides is 1. The highest BCUT2D eigenvalue weighted by Crippen LogP contribution is 2.36. The van der Waals surface area contributed by atoms with Crippen LogP contribution >= 0.6 is 0 Å². The molecule has 0 saturated carbocycles. The molecule has 1 fully saturated rings. The molecule has 0 atom stereocenters. The van der Waals surface area contributed by atoms with Gasteiger partial charge in [0.15, 0.2) is 0 Å². The van der Waals surface area contributed by atoms with Gasteiger partial charge in [-0.15, -0.1) is 0 Å². The molecule has 5 nitrogen and oxygen atoms in total. The van der Waals surface area contributed by atoms with Crippen molar-refractivity contribution in [2.24, 2.45) is 5.41 Å². The average Bonchev–Trinajstić information content (AvgIpc) is 2.74. The molecular weight excluding hydrogens is 341 g/mol. The van der Waals surface area contributed by atoms with E-state index in [2.05, 4.69) is 20.8 Å². The monoisotopic (exact) mass is 375 g/mol. The molecule has 0 aromatic heterocycles. The summed E-state index contributed by atoms with van der Waals surface area (Å²) in [4.78, 5) is 13.9. The molecule has 0 bridgehead atoms. The van der Waals surface area contributed by atoms with Gasteiger partial charge < -0.3 is 18.9 Å². The molecule has 0 aliphatic carbocycles. The Kier molecular flexibility index (Phi) is 6.32. The first kappa shape index (κ1) is 21.8. The molecule has 1 aliphatic heterocycles.